The summed E-state index contributed by atoms with van der Waals surface area (Å²) in [6, 6.07) is 11.9. The van der Waals surface area contributed by atoms with Gasteiger partial charge in [0.25, 0.3) is 0 Å². The number of fused-ring (bicyclic) bond motifs is 1. The van der Waals surface area contributed by atoms with E-state index in [4.69, 9.17) is 33.2 Å². The van der Waals surface area contributed by atoms with Crippen LogP contribution in [0.15, 0.2) is 36.4 Å². The highest BCUT2D eigenvalue weighted by Gasteiger charge is 2.30. The summed E-state index contributed by atoms with van der Waals surface area (Å²) in [5.74, 6) is 3.01. The number of benzene rings is 2. The number of hydrogen-bond acceptors (Lipinski definition) is 7. The lowest BCUT2D eigenvalue weighted by Crippen LogP contribution is -2.25. The van der Waals surface area contributed by atoms with Crippen LogP contribution < -0.4 is 18.9 Å². The Kier molecular flexibility index (Phi) is 10.1. The smallest absolute Gasteiger partial charge is 0.196 e. The van der Waals surface area contributed by atoms with Crippen LogP contribution in [-0.4, -0.2) is 44.8 Å². The molecule has 0 saturated heterocycles. The standard InChI is InChI=1S/C28H40O7/c1-8-29-19(5)33-22-11-13-24-26(15-18(4)32-27(24)16-22)25-14-12-23(34-20(6)30-9-2)17-28(25)35-21(7)31-10-3/h11-14,16-21,26H,8-10,15H2,1-7H3. The Balaban J connectivity index is 1.94. The van der Waals surface area contributed by atoms with Gasteiger partial charge in [-0.3, -0.25) is 0 Å². The Morgan fingerprint density at radius 3 is 1.83 bits per heavy atom. The van der Waals surface area contributed by atoms with Crippen molar-refractivity contribution < 1.29 is 33.2 Å². The molecule has 0 spiro atoms. The fourth-order valence-electron chi connectivity index (χ4n) is 4.34. The summed E-state index contributed by atoms with van der Waals surface area (Å²) in [7, 11) is 0. The summed E-state index contributed by atoms with van der Waals surface area (Å²) in [6.45, 7) is 15.3. The normalized spacial score (nSPS) is 19.7. The lowest BCUT2D eigenvalue weighted by atomic mass is 9.84. The van der Waals surface area contributed by atoms with Gasteiger partial charge in [-0.05, 0) is 67.0 Å². The summed E-state index contributed by atoms with van der Waals surface area (Å²) in [6.07, 6.45) is -0.243. The molecule has 0 aliphatic carbocycles. The summed E-state index contributed by atoms with van der Waals surface area (Å²) in [5.41, 5.74) is 2.14. The molecule has 0 fully saturated rings. The second kappa shape index (κ2) is 13.0. The molecule has 35 heavy (non-hydrogen) atoms. The van der Waals surface area contributed by atoms with Crippen LogP contribution >= 0.6 is 0 Å². The van der Waals surface area contributed by atoms with Crippen LogP contribution in [0, 0.1) is 0 Å². The molecule has 0 amide bonds. The average molecular weight is 489 g/mol. The minimum absolute atomic E-state index is 0.0260. The van der Waals surface area contributed by atoms with E-state index in [1.54, 1.807) is 0 Å². The molecule has 2 aromatic carbocycles. The third kappa shape index (κ3) is 7.50. The lowest BCUT2D eigenvalue weighted by Gasteiger charge is -2.32. The molecule has 0 bridgehead atoms. The SMILES string of the molecule is CCOC(C)Oc1ccc2c(c1)OC(C)CC2c1ccc(OC(C)OCC)cc1OC(C)OCC. The van der Waals surface area contributed by atoms with Crippen molar-refractivity contribution in [1.29, 1.82) is 0 Å². The molecule has 1 aliphatic rings. The largest absolute Gasteiger partial charge is 0.490 e. The maximum Gasteiger partial charge on any atom is 0.196 e. The van der Waals surface area contributed by atoms with Gasteiger partial charge in [-0.15, -0.1) is 0 Å². The molecular formula is C28H40O7. The molecule has 194 valence electrons. The lowest BCUT2D eigenvalue weighted by molar-refractivity contribution is -0.0654. The summed E-state index contributed by atoms with van der Waals surface area (Å²) in [5, 5.41) is 0. The third-order valence-corrected chi connectivity index (χ3v) is 5.72. The third-order valence-electron chi connectivity index (χ3n) is 5.72. The first-order valence-electron chi connectivity index (χ1n) is 12.6. The number of ether oxygens (including phenoxy) is 7. The van der Waals surface area contributed by atoms with Gasteiger partial charge in [-0.25, -0.2) is 0 Å². The van der Waals surface area contributed by atoms with Crippen LogP contribution in [0.1, 0.15) is 71.9 Å². The van der Waals surface area contributed by atoms with Gasteiger partial charge in [0.15, 0.2) is 18.9 Å². The summed E-state index contributed by atoms with van der Waals surface area (Å²) >= 11 is 0. The minimum Gasteiger partial charge on any atom is -0.490 e. The van der Waals surface area contributed by atoms with Gasteiger partial charge in [0.05, 0.1) is 6.10 Å². The quantitative estimate of drug-likeness (QED) is 0.308. The highest BCUT2D eigenvalue weighted by Crippen LogP contribution is 2.45. The molecule has 1 aliphatic heterocycles. The number of rotatable bonds is 13. The van der Waals surface area contributed by atoms with Gasteiger partial charge < -0.3 is 33.2 Å². The molecule has 0 radical (unpaired) electrons. The predicted molar refractivity (Wildman–Crippen MR) is 135 cm³/mol. The van der Waals surface area contributed by atoms with Crippen molar-refractivity contribution in [2.45, 2.75) is 85.8 Å². The molecule has 3 rings (SSSR count). The van der Waals surface area contributed by atoms with E-state index in [9.17, 15) is 0 Å². The zero-order valence-corrected chi connectivity index (χ0v) is 22.0. The molecule has 0 N–H and O–H groups in total. The topological polar surface area (TPSA) is 64.6 Å². The zero-order chi connectivity index (χ0) is 25.4. The van der Waals surface area contributed by atoms with Crippen molar-refractivity contribution in [3.8, 4) is 23.0 Å². The summed E-state index contributed by atoms with van der Waals surface area (Å²) < 4.78 is 41.0. The molecule has 5 unspecified atom stereocenters. The van der Waals surface area contributed by atoms with E-state index in [-0.39, 0.29) is 24.6 Å². The summed E-state index contributed by atoms with van der Waals surface area (Å²) in [4.78, 5) is 0. The van der Waals surface area contributed by atoms with E-state index in [0.717, 1.165) is 29.0 Å². The van der Waals surface area contributed by atoms with Gasteiger partial charge in [0.2, 0.25) is 0 Å². The van der Waals surface area contributed by atoms with E-state index < -0.39 is 6.29 Å². The van der Waals surface area contributed by atoms with E-state index >= 15 is 0 Å². The monoisotopic (exact) mass is 488 g/mol. The molecule has 1 heterocycles. The molecule has 7 heteroatoms. The van der Waals surface area contributed by atoms with Crippen molar-refractivity contribution >= 4 is 0 Å². The zero-order valence-electron chi connectivity index (χ0n) is 22.0. The average Bonchev–Trinajstić information content (AvgIpc) is 2.79. The molecule has 2 aromatic rings. The second-order valence-corrected chi connectivity index (χ2v) is 8.54. The Hall–Kier alpha value is -2.48. The number of hydrogen-bond donors (Lipinski definition) is 0. The molecule has 5 atom stereocenters. The Labute approximate surface area is 209 Å². The van der Waals surface area contributed by atoms with Crippen LogP contribution in [0.4, 0.5) is 0 Å². The van der Waals surface area contributed by atoms with Gasteiger partial charge in [-0.2, -0.15) is 0 Å². The van der Waals surface area contributed by atoms with E-state index in [2.05, 4.69) is 19.1 Å². The van der Waals surface area contributed by atoms with Crippen molar-refractivity contribution in [3.63, 3.8) is 0 Å². The van der Waals surface area contributed by atoms with Gasteiger partial charge in [0.1, 0.15) is 23.0 Å². The Morgan fingerprint density at radius 1 is 0.743 bits per heavy atom. The molecule has 0 saturated carbocycles. The van der Waals surface area contributed by atoms with E-state index in [1.807, 2.05) is 65.8 Å². The molecule has 7 nitrogen and oxygen atoms in total. The first-order chi connectivity index (χ1) is 16.8. The Bertz CT molecular complexity index is 932. The fraction of sp³-hybridized carbons (Fsp3) is 0.571. The van der Waals surface area contributed by atoms with Crippen LogP contribution in [0.5, 0.6) is 23.0 Å². The van der Waals surface area contributed by atoms with Gasteiger partial charge in [0, 0.05) is 49.0 Å². The first kappa shape index (κ1) is 27.1. The molecular weight excluding hydrogens is 448 g/mol. The van der Waals surface area contributed by atoms with Crippen molar-refractivity contribution in [2.75, 3.05) is 19.8 Å². The van der Waals surface area contributed by atoms with Crippen molar-refractivity contribution in [2.24, 2.45) is 0 Å². The van der Waals surface area contributed by atoms with E-state index in [1.165, 1.54) is 0 Å². The minimum atomic E-state index is -0.397. The van der Waals surface area contributed by atoms with E-state index in [0.29, 0.717) is 31.3 Å². The van der Waals surface area contributed by atoms with Crippen molar-refractivity contribution in [1.82, 2.24) is 0 Å². The second-order valence-electron chi connectivity index (χ2n) is 8.54. The Morgan fingerprint density at radius 2 is 1.26 bits per heavy atom. The van der Waals surface area contributed by atoms with Crippen LogP contribution in [-0.2, 0) is 14.2 Å². The van der Waals surface area contributed by atoms with Gasteiger partial charge >= 0.3 is 0 Å². The van der Waals surface area contributed by atoms with Crippen LogP contribution in [0.3, 0.4) is 0 Å². The highest BCUT2D eigenvalue weighted by atomic mass is 16.7. The highest BCUT2D eigenvalue weighted by molar-refractivity contribution is 5.52. The van der Waals surface area contributed by atoms with Crippen molar-refractivity contribution in [3.05, 3.63) is 47.5 Å². The maximum atomic E-state index is 6.25. The van der Waals surface area contributed by atoms with Crippen LogP contribution in [0.2, 0.25) is 0 Å². The predicted octanol–water partition coefficient (Wildman–Crippen LogP) is 6.27. The fourth-order valence-corrected chi connectivity index (χ4v) is 4.34. The maximum absolute atomic E-state index is 6.25. The first-order valence-corrected chi connectivity index (χ1v) is 12.6. The molecule has 0 aromatic heterocycles. The van der Waals surface area contributed by atoms with Gasteiger partial charge in [-0.1, -0.05) is 12.1 Å². The van der Waals surface area contributed by atoms with Crippen LogP contribution in [0.25, 0.3) is 0 Å².